The van der Waals surface area contributed by atoms with Crippen molar-refractivity contribution in [3.8, 4) is 0 Å². The first-order valence-corrected chi connectivity index (χ1v) is 11.7. The number of carbonyl (C=O) groups excluding carboxylic acids is 1. The third kappa shape index (κ3) is 4.52. The number of hydrogen-bond donors (Lipinski definition) is 2. The van der Waals surface area contributed by atoms with Gasteiger partial charge in [-0.15, -0.1) is 0 Å². The van der Waals surface area contributed by atoms with Crippen LogP contribution in [0.2, 0.25) is 0 Å². The number of nitrogens with zero attached hydrogens (tertiary/aromatic N) is 2. The maximum atomic E-state index is 13.1. The normalized spacial score (nSPS) is 16.9. The number of rotatable bonds is 5. The highest BCUT2D eigenvalue weighted by molar-refractivity contribution is 7.93. The highest BCUT2D eigenvalue weighted by Gasteiger charge is 2.29. The Labute approximate surface area is 181 Å². The van der Waals surface area contributed by atoms with E-state index in [1.165, 1.54) is 4.90 Å². The first kappa shape index (κ1) is 21.2. The predicted octanol–water partition coefficient (Wildman–Crippen LogP) is 3.17. The van der Waals surface area contributed by atoms with Gasteiger partial charge in [0.1, 0.15) is 5.82 Å². The summed E-state index contributed by atoms with van der Waals surface area (Å²) in [5, 5.41) is 9.34. The molecule has 0 radical (unpaired) electrons. The van der Waals surface area contributed by atoms with E-state index >= 15 is 0 Å². The Morgan fingerprint density at radius 3 is 2.65 bits per heavy atom. The third-order valence-corrected chi connectivity index (χ3v) is 7.46. The Morgan fingerprint density at radius 1 is 1.19 bits per heavy atom. The lowest BCUT2D eigenvalue weighted by atomic mass is 9.97. The summed E-state index contributed by atoms with van der Waals surface area (Å²) in [6.45, 7) is 0.656. The number of carboxylic acid groups (broad SMARTS) is 1. The second kappa shape index (κ2) is 8.23. The van der Waals surface area contributed by atoms with Crippen molar-refractivity contribution in [3.05, 3.63) is 53.8 Å². The SMILES string of the molecule is O=C(O)[C@@H]1CCCN(C(=O)c2ccc3nc(NS(=O)(=O)c4ccc(F)cc4)sc3c2)C1. The van der Waals surface area contributed by atoms with Crippen LogP contribution in [0.1, 0.15) is 23.2 Å². The number of hydrogen-bond acceptors (Lipinski definition) is 6. The smallest absolute Gasteiger partial charge is 0.308 e. The first-order valence-electron chi connectivity index (χ1n) is 9.44. The Kier molecular flexibility index (Phi) is 5.63. The molecule has 8 nitrogen and oxygen atoms in total. The van der Waals surface area contributed by atoms with Crippen molar-refractivity contribution >= 4 is 48.6 Å². The molecule has 2 heterocycles. The molecule has 0 spiro atoms. The molecule has 1 saturated heterocycles. The summed E-state index contributed by atoms with van der Waals surface area (Å²) in [7, 11) is -3.94. The molecule has 1 aliphatic rings. The quantitative estimate of drug-likeness (QED) is 0.600. The zero-order chi connectivity index (χ0) is 22.2. The number of benzene rings is 2. The summed E-state index contributed by atoms with van der Waals surface area (Å²) >= 11 is 1.07. The fraction of sp³-hybridized carbons (Fsp3) is 0.250. The number of fused-ring (bicyclic) bond motifs is 1. The van der Waals surface area contributed by atoms with E-state index in [1.807, 2.05) is 0 Å². The van der Waals surface area contributed by atoms with Gasteiger partial charge in [0, 0.05) is 18.7 Å². The van der Waals surface area contributed by atoms with E-state index in [9.17, 15) is 27.5 Å². The fourth-order valence-corrected chi connectivity index (χ4v) is 5.57. The number of carboxylic acids is 1. The molecule has 1 aliphatic heterocycles. The van der Waals surface area contributed by atoms with Crippen molar-refractivity contribution in [2.24, 2.45) is 5.92 Å². The van der Waals surface area contributed by atoms with Gasteiger partial charge in [-0.3, -0.25) is 14.3 Å². The van der Waals surface area contributed by atoms with Gasteiger partial charge in [-0.25, -0.2) is 17.8 Å². The molecule has 1 aromatic heterocycles. The third-order valence-electron chi connectivity index (χ3n) is 5.04. The van der Waals surface area contributed by atoms with E-state index in [0.29, 0.717) is 35.2 Å². The van der Waals surface area contributed by atoms with E-state index in [1.54, 1.807) is 18.2 Å². The number of carbonyl (C=O) groups is 2. The molecule has 2 N–H and O–H groups in total. The minimum Gasteiger partial charge on any atom is -0.481 e. The summed E-state index contributed by atoms with van der Waals surface area (Å²) in [6, 6.07) is 9.26. The van der Waals surface area contributed by atoms with Crippen LogP contribution in [0.3, 0.4) is 0 Å². The van der Waals surface area contributed by atoms with Crippen LogP contribution < -0.4 is 4.72 Å². The summed E-state index contributed by atoms with van der Waals surface area (Å²) in [6.07, 6.45) is 1.17. The highest BCUT2D eigenvalue weighted by Crippen LogP contribution is 2.29. The molecule has 11 heteroatoms. The lowest BCUT2D eigenvalue weighted by molar-refractivity contribution is -0.143. The topological polar surface area (TPSA) is 117 Å². The fourth-order valence-electron chi connectivity index (χ4n) is 3.43. The number of amides is 1. The first-order chi connectivity index (χ1) is 14.7. The standard InChI is InChI=1S/C20H18FN3O5S2/c21-14-4-6-15(7-5-14)31(28,29)23-20-22-16-8-3-12(10-17(16)30-20)18(25)24-9-1-2-13(11-24)19(26)27/h3-8,10,13H,1-2,9,11H2,(H,22,23)(H,26,27)/t13-/m1/s1. The summed E-state index contributed by atoms with van der Waals surface area (Å²) in [5.74, 6) is -2.29. The highest BCUT2D eigenvalue weighted by atomic mass is 32.2. The molecule has 1 fully saturated rings. The zero-order valence-corrected chi connectivity index (χ0v) is 17.7. The van der Waals surface area contributed by atoms with Crippen molar-refractivity contribution in [1.82, 2.24) is 9.88 Å². The predicted molar refractivity (Wildman–Crippen MR) is 113 cm³/mol. The summed E-state index contributed by atoms with van der Waals surface area (Å²) in [5.41, 5.74) is 0.899. The molecule has 1 amide bonds. The number of piperidine rings is 1. The van der Waals surface area contributed by atoms with Crippen LogP contribution in [0.5, 0.6) is 0 Å². The Bertz CT molecular complexity index is 1260. The van der Waals surface area contributed by atoms with Crippen LogP contribution in [0.15, 0.2) is 47.4 Å². The maximum Gasteiger partial charge on any atom is 0.308 e. The number of anilines is 1. The van der Waals surface area contributed by atoms with Gasteiger partial charge in [0.15, 0.2) is 5.13 Å². The number of halogens is 1. The van der Waals surface area contributed by atoms with Crippen molar-refractivity contribution < 1.29 is 27.5 Å². The van der Waals surface area contributed by atoms with Gasteiger partial charge in [0.05, 0.1) is 21.0 Å². The van der Waals surface area contributed by atoms with Gasteiger partial charge in [0.2, 0.25) is 0 Å². The lowest BCUT2D eigenvalue weighted by Gasteiger charge is -2.30. The number of likely N-dealkylation sites (tertiary alicyclic amines) is 1. The van der Waals surface area contributed by atoms with Gasteiger partial charge in [0.25, 0.3) is 15.9 Å². The molecule has 3 aromatic rings. The molecular weight excluding hydrogens is 445 g/mol. The van der Waals surface area contributed by atoms with E-state index < -0.39 is 27.7 Å². The number of nitrogens with one attached hydrogen (secondary N) is 1. The number of thiazole rings is 1. The van der Waals surface area contributed by atoms with Gasteiger partial charge < -0.3 is 10.0 Å². The van der Waals surface area contributed by atoms with Crippen molar-refractivity contribution in [3.63, 3.8) is 0 Å². The molecule has 1 atom stereocenters. The second-order valence-corrected chi connectivity index (χ2v) is 9.90. The summed E-state index contributed by atoms with van der Waals surface area (Å²) < 4.78 is 41.0. The average Bonchev–Trinajstić information content (AvgIpc) is 3.14. The average molecular weight is 464 g/mol. The Morgan fingerprint density at radius 2 is 1.94 bits per heavy atom. The van der Waals surface area contributed by atoms with Crippen molar-refractivity contribution in [1.29, 1.82) is 0 Å². The molecule has 4 rings (SSSR count). The van der Waals surface area contributed by atoms with E-state index in [0.717, 1.165) is 35.6 Å². The van der Waals surface area contributed by atoms with Crippen molar-refractivity contribution in [2.75, 3.05) is 17.8 Å². The minimum atomic E-state index is -3.94. The molecule has 162 valence electrons. The van der Waals surface area contributed by atoms with E-state index in [4.69, 9.17) is 0 Å². The Hall–Kier alpha value is -3.05. The molecule has 31 heavy (non-hydrogen) atoms. The largest absolute Gasteiger partial charge is 0.481 e. The molecule has 0 aliphatic carbocycles. The van der Waals surface area contributed by atoms with Gasteiger partial charge in [-0.1, -0.05) is 11.3 Å². The van der Waals surface area contributed by atoms with Crippen molar-refractivity contribution in [2.45, 2.75) is 17.7 Å². The van der Waals surface area contributed by atoms with Crippen LogP contribution in [-0.4, -0.2) is 48.4 Å². The molecule has 0 unspecified atom stereocenters. The molecule has 0 bridgehead atoms. The van der Waals surface area contributed by atoms with Crippen LogP contribution in [-0.2, 0) is 14.8 Å². The van der Waals surface area contributed by atoms with Crippen LogP contribution in [0.25, 0.3) is 10.2 Å². The monoisotopic (exact) mass is 463 g/mol. The Balaban J connectivity index is 1.55. The molecule has 0 saturated carbocycles. The number of aromatic nitrogens is 1. The maximum absolute atomic E-state index is 13.1. The van der Waals surface area contributed by atoms with Gasteiger partial charge in [-0.05, 0) is 55.3 Å². The summed E-state index contributed by atoms with van der Waals surface area (Å²) in [4.78, 5) is 29.8. The number of sulfonamides is 1. The van der Waals surface area contributed by atoms with Crippen LogP contribution >= 0.6 is 11.3 Å². The van der Waals surface area contributed by atoms with Crippen LogP contribution in [0, 0.1) is 11.7 Å². The number of aliphatic carboxylic acids is 1. The van der Waals surface area contributed by atoms with Gasteiger partial charge in [-0.2, -0.15) is 0 Å². The van der Waals surface area contributed by atoms with Gasteiger partial charge >= 0.3 is 5.97 Å². The lowest BCUT2D eigenvalue weighted by Crippen LogP contribution is -2.42. The van der Waals surface area contributed by atoms with E-state index in [-0.39, 0.29) is 22.5 Å². The molecule has 2 aromatic carbocycles. The van der Waals surface area contributed by atoms with Crippen LogP contribution in [0.4, 0.5) is 9.52 Å². The second-order valence-electron chi connectivity index (χ2n) is 7.19. The molecular formula is C20H18FN3O5S2. The minimum absolute atomic E-state index is 0.0953. The van der Waals surface area contributed by atoms with E-state index in [2.05, 4.69) is 9.71 Å². The zero-order valence-electron chi connectivity index (χ0n) is 16.1.